The van der Waals surface area contributed by atoms with Crippen LogP contribution in [0, 0.1) is 18.7 Å². The lowest BCUT2D eigenvalue weighted by atomic mass is 10.0. The number of aryl methyl sites for hydroxylation is 1. The SMILES string of the molecule is Cc1cc(F)ccc1C(=O)NCC1CCCC1N. The highest BCUT2D eigenvalue weighted by molar-refractivity contribution is 5.95. The molecule has 1 saturated carbocycles. The first kappa shape index (κ1) is 13.0. The molecule has 0 saturated heterocycles. The monoisotopic (exact) mass is 250 g/mol. The van der Waals surface area contributed by atoms with Crippen molar-refractivity contribution in [3.63, 3.8) is 0 Å². The normalized spacial score (nSPS) is 23.1. The highest BCUT2D eigenvalue weighted by atomic mass is 19.1. The van der Waals surface area contributed by atoms with E-state index in [1.54, 1.807) is 6.92 Å². The van der Waals surface area contributed by atoms with Crippen molar-refractivity contribution in [2.45, 2.75) is 32.2 Å². The molecular formula is C14H19FN2O. The molecule has 1 aromatic carbocycles. The topological polar surface area (TPSA) is 55.1 Å². The second kappa shape index (κ2) is 5.48. The Morgan fingerprint density at radius 3 is 2.89 bits per heavy atom. The summed E-state index contributed by atoms with van der Waals surface area (Å²) >= 11 is 0. The fraction of sp³-hybridized carbons (Fsp3) is 0.500. The summed E-state index contributed by atoms with van der Waals surface area (Å²) in [5, 5.41) is 2.89. The molecule has 18 heavy (non-hydrogen) atoms. The van der Waals surface area contributed by atoms with Crippen LogP contribution in [-0.2, 0) is 0 Å². The van der Waals surface area contributed by atoms with Gasteiger partial charge in [-0.25, -0.2) is 4.39 Å². The Balaban J connectivity index is 1.95. The Bertz CT molecular complexity index is 447. The molecule has 2 rings (SSSR count). The van der Waals surface area contributed by atoms with E-state index in [1.165, 1.54) is 18.2 Å². The average Bonchev–Trinajstić information content (AvgIpc) is 2.72. The van der Waals surface area contributed by atoms with Crippen LogP contribution in [0.3, 0.4) is 0 Å². The van der Waals surface area contributed by atoms with Crippen molar-refractivity contribution in [3.8, 4) is 0 Å². The Kier molecular flexibility index (Phi) is 3.97. The Morgan fingerprint density at radius 2 is 2.28 bits per heavy atom. The van der Waals surface area contributed by atoms with E-state index in [9.17, 15) is 9.18 Å². The van der Waals surface area contributed by atoms with Crippen LogP contribution in [0.4, 0.5) is 4.39 Å². The van der Waals surface area contributed by atoms with Crippen molar-refractivity contribution in [1.82, 2.24) is 5.32 Å². The Labute approximate surface area is 107 Å². The Hall–Kier alpha value is -1.42. The van der Waals surface area contributed by atoms with E-state index < -0.39 is 0 Å². The highest BCUT2D eigenvalue weighted by Gasteiger charge is 2.24. The summed E-state index contributed by atoms with van der Waals surface area (Å²) in [4.78, 5) is 12.0. The van der Waals surface area contributed by atoms with Gasteiger partial charge in [0, 0.05) is 18.2 Å². The molecule has 98 valence electrons. The maximum atomic E-state index is 12.9. The molecule has 0 heterocycles. The molecule has 1 aliphatic carbocycles. The lowest BCUT2D eigenvalue weighted by molar-refractivity contribution is 0.0946. The van der Waals surface area contributed by atoms with E-state index >= 15 is 0 Å². The van der Waals surface area contributed by atoms with Gasteiger partial charge in [0.05, 0.1) is 0 Å². The average molecular weight is 250 g/mol. The first-order chi connectivity index (χ1) is 8.58. The summed E-state index contributed by atoms with van der Waals surface area (Å²) in [5.41, 5.74) is 7.14. The summed E-state index contributed by atoms with van der Waals surface area (Å²) < 4.78 is 12.9. The number of amides is 1. The van der Waals surface area contributed by atoms with E-state index in [2.05, 4.69) is 5.32 Å². The number of carbonyl (C=O) groups is 1. The van der Waals surface area contributed by atoms with Crippen LogP contribution in [-0.4, -0.2) is 18.5 Å². The molecule has 0 radical (unpaired) electrons. The van der Waals surface area contributed by atoms with Gasteiger partial charge in [0.15, 0.2) is 0 Å². The molecule has 0 spiro atoms. The third kappa shape index (κ3) is 2.88. The minimum Gasteiger partial charge on any atom is -0.352 e. The molecule has 4 heteroatoms. The second-order valence-electron chi connectivity index (χ2n) is 5.02. The predicted octanol–water partition coefficient (Wildman–Crippen LogP) is 1.99. The van der Waals surface area contributed by atoms with Crippen LogP contribution in [0.25, 0.3) is 0 Å². The van der Waals surface area contributed by atoms with Gasteiger partial charge >= 0.3 is 0 Å². The second-order valence-corrected chi connectivity index (χ2v) is 5.02. The molecule has 1 fully saturated rings. The lowest BCUT2D eigenvalue weighted by Gasteiger charge is -2.16. The van der Waals surface area contributed by atoms with Gasteiger partial charge < -0.3 is 11.1 Å². The number of nitrogens with one attached hydrogen (secondary N) is 1. The molecule has 2 atom stereocenters. The molecule has 1 amide bonds. The number of carbonyl (C=O) groups excluding carboxylic acids is 1. The minimum absolute atomic E-state index is 0.147. The molecule has 1 aliphatic rings. The third-order valence-corrected chi connectivity index (χ3v) is 3.68. The van der Waals surface area contributed by atoms with E-state index in [1.807, 2.05) is 0 Å². The number of hydrogen-bond acceptors (Lipinski definition) is 2. The van der Waals surface area contributed by atoms with Gasteiger partial charge in [-0.2, -0.15) is 0 Å². The van der Waals surface area contributed by atoms with E-state index in [-0.39, 0.29) is 17.8 Å². The molecule has 2 unspecified atom stereocenters. The van der Waals surface area contributed by atoms with Gasteiger partial charge in [-0.1, -0.05) is 6.42 Å². The minimum atomic E-state index is -0.318. The maximum Gasteiger partial charge on any atom is 0.251 e. The van der Waals surface area contributed by atoms with E-state index in [0.717, 1.165) is 19.3 Å². The first-order valence-electron chi connectivity index (χ1n) is 6.38. The molecular weight excluding hydrogens is 231 g/mol. The van der Waals surface area contributed by atoms with Crippen molar-refractivity contribution in [2.75, 3.05) is 6.54 Å². The summed E-state index contributed by atoms with van der Waals surface area (Å²) in [6.45, 7) is 2.34. The van der Waals surface area contributed by atoms with Crippen molar-refractivity contribution in [2.24, 2.45) is 11.7 Å². The lowest BCUT2D eigenvalue weighted by Crippen LogP contribution is -2.36. The zero-order chi connectivity index (χ0) is 13.1. The summed E-state index contributed by atoms with van der Waals surface area (Å²) in [6.07, 6.45) is 3.25. The first-order valence-corrected chi connectivity index (χ1v) is 6.38. The number of rotatable bonds is 3. The van der Waals surface area contributed by atoms with Crippen molar-refractivity contribution in [1.29, 1.82) is 0 Å². The maximum absolute atomic E-state index is 12.9. The number of nitrogens with two attached hydrogens (primary N) is 1. The van der Waals surface area contributed by atoms with E-state index in [0.29, 0.717) is 23.6 Å². The van der Waals surface area contributed by atoms with Gasteiger partial charge in [0.25, 0.3) is 5.91 Å². The van der Waals surface area contributed by atoms with Crippen LogP contribution >= 0.6 is 0 Å². The molecule has 0 bridgehead atoms. The molecule has 3 N–H and O–H groups in total. The molecule has 0 aliphatic heterocycles. The standard InChI is InChI=1S/C14H19FN2O/c1-9-7-11(15)5-6-12(9)14(18)17-8-10-3-2-4-13(10)16/h5-7,10,13H,2-4,8,16H2,1H3,(H,17,18). The van der Waals surface area contributed by atoms with Crippen LogP contribution in [0.2, 0.25) is 0 Å². The van der Waals surface area contributed by atoms with E-state index in [4.69, 9.17) is 5.73 Å². The summed E-state index contributed by atoms with van der Waals surface area (Å²) in [6, 6.07) is 4.40. The van der Waals surface area contributed by atoms with Gasteiger partial charge in [0.1, 0.15) is 5.82 Å². The van der Waals surface area contributed by atoms with Crippen molar-refractivity contribution >= 4 is 5.91 Å². The van der Waals surface area contributed by atoms with Crippen LogP contribution in [0.15, 0.2) is 18.2 Å². The molecule has 0 aromatic heterocycles. The zero-order valence-electron chi connectivity index (χ0n) is 10.6. The number of halogens is 1. The van der Waals surface area contributed by atoms with Gasteiger partial charge in [0.2, 0.25) is 0 Å². The van der Waals surface area contributed by atoms with Gasteiger partial charge in [-0.05, 0) is 49.4 Å². The van der Waals surface area contributed by atoms with Crippen LogP contribution in [0.1, 0.15) is 35.2 Å². The highest BCUT2D eigenvalue weighted by Crippen LogP contribution is 2.23. The quantitative estimate of drug-likeness (QED) is 0.862. The molecule has 3 nitrogen and oxygen atoms in total. The smallest absolute Gasteiger partial charge is 0.251 e. The van der Waals surface area contributed by atoms with Gasteiger partial charge in [-0.15, -0.1) is 0 Å². The third-order valence-electron chi connectivity index (χ3n) is 3.68. The largest absolute Gasteiger partial charge is 0.352 e. The zero-order valence-corrected chi connectivity index (χ0v) is 10.6. The number of hydrogen-bond donors (Lipinski definition) is 2. The fourth-order valence-corrected chi connectivity index (χ4v) is 2.52. The fourth-order valence-electron chi connectivity index (χ4n) is 2.52. The Morgan fingerprint density at radius 1 is 1.50 bits per heavy atom. The predicted molar refractivity (Wildman–Crippen MR) is 68.8 cm³/mol. The van der Waals surface area contributed by atoms with Crippen LogP contribution < -0.4 is 11.1 Å². The summed E-state index contributed by atoms with van der Waals surface area (Å²) in [5.74, 6) is -0.0943. The van der Waals surface area contributed by atoms with Crippen molar-refractivity contribution in [3.05, 3.63) is 35.1 Å². The van der Waals surface area contributed by atoms with Crippen LogP contribution in [0.5, 0.6) is 0 Å². The van der Waals surface area contributed by atoms with Crippen molar-refractivity contribution < 1.29 is 9.18 Å². The summed E-state index contributed by atoms with van der Waals surface area (Å²) in [7, 11) is 0. The van der Waals surface area contributed by atoms with Gasteiger partial charge in [-0.3, -0.25) is 4.79 Å². The number of benzene rings is 1. The molecule has 1 aromatic rings.